The first-order chi connectivity index (χ1) is 11.7. The van der Waals surface area contributed by atoms with Crippen LogP contribution in [-0.4, -0.2) is 38.2 Å². The zero-order chi connectivity index (χ0) is 16.8. The minimum Gasteiger partial charge on any atom is -0.383 e. The molecule has 0 atom stereocenters. The van der Waals surface area contributed by atoms with Crippen molar-refractivity contribution in [3.8, 4) is 5.69 Å². The Labute approximate surface area is 137 Å². The lowest BCUT2D eigenvalue weighted by Gasteiger charge is -2.08. The van der Waals surface area contributed by atoms with Gasteiger partial charge in [-0.25, -0.2) is 0 Å². The predicted octanol–water partition coefficient (Wildman–Crippen LogP) is 2.09. The van der Waals surface area contributed by atoms with Crippen LogP contribution < -0.4 is 10.6 Å². The number of hydrogen-bond acceptors (Lipinski definition) is 7. The van der Waals surface area contributed by atoms with Gasteiger partial charge in [0.05, 0.1) is 10.6 Å². The number of non-ortho nitro benzene ring substituents is 1. The van der Waals surface area contributed by atoms with Crippen LogP contribution in [0.15, 0.2) is 54.6 Å². The molecule has 0 unspecified atom stereocenters. The van der Waals surface area contributed by atoms with Gasteiger partial charge in [-0.05, 0) is 34.7 Å². The Morgan fingerprint density at radius 1 is 1.00 bits per heavy atom. The molecule has 1 heterocycles. The minimum absolute atomic E-state index is 0.0701. The van der Waals surface area contributed by atoms with E-state index in [-0.39, 0.29) is 5.69 Å². The third-order valence-corrected chi connectivity index (χ3v) is 3.29. The molecule has 2 N–H and O–H groups in total. The quantitative estimate of drug-likeness (QED) is 0.389. The van der Waals surface area contributed by atoms with Crippen molar-refractivity contribution < 1.29 is 4.92 Å². The summed E-state index contributed by atoms with van der Waals surface area (Å²) in [4.78, 5) is 10.2. The molecule has 0 aliphatic carbocycles. The van der Waals surface area contributed by atoms with E-state index in [1.807, 2.05) is 30.3 Å². The van der Waals surface area contributed by atoms with Gasteiger partial charge in [-0.15, -0.1) is 0 Å². The fourth-order valence-corrected chi connectivity index (χ4v) is 2.12. The van der Waals surface area contributed by atoms with Crippen LogP contribution >= 0.6 is 0 Å². The molecule has 0 aliphatic heterocycles. The lowest BCUT2D eigenvalue weighted by atomic mass is 10.3. The van der Waals surface area contributed by atoms with Crippen LogP contribution in [0.5, 0.6) is 0 Å². The zero-order valence-electron chi connectivity index (χ0n) is 12.7. The van der Waals surface area contributed by atoms with Crippen molar-refractivity contribution >= 4 is 17.3 Å². The molecule has 24 heavy (non-hydrogen) atoms. The average Bonchev–Trinajstić information content (AvgIpc) is 3.08. The molecule has 0 radical (unpaired) electrons. The summed E-state index contributed by atoms with van der Waals surface area (Å²) in [6, 6.07) is 15.9. The second-order valence-corrected chi connectivity index (χ2v) is 4.91. The van der Waals surface area contributed by atoms with E-state index in [1.54, 1.807) is 16.8 Å². The van der Waals surface area contributed by atoms with Crippen LogP contribution in [-0.2, 0) is 0 Å². The van der Waals surface area contributed by atoms with Crippen LogP contribution in [0.3, 0.4) is 0 Å². The molecule has 0 saturated heterocycles. The Bertz CT molecular complexity index is 802. The number of hydrogen-bond donors (Lipinski definition) is 2. The average molecular weight is 325 g/mol. The van der Waals surface area contributed by atoms with Crippen molar-refractivity contribution in [3.05, 3.63) is 64.7 Å². The second kappa shape index (κ2) is 7.18. The first kappa shape index (κ1) is 15.4. The van der Waals surface area contributed by atoms with Crippen molar-refractivity contribution in [2.45, 2.75) is 0 Å². The smallest absolute Gasteiger partial charge is 0.269 e. The normalized spacial score (nSPS) is 10.3. The number of tetrazole rings is 1. The number of para-hydroxylation sites is 1. The largest absolute Gasteiger partial charge is 0.383 e. The van der Waals surface area contributed by atoms with Crippen molar-refractivity contribution in [3.63, 3.8) is 0 Å². The number of nitro groups is 1. The number of benzene rings is 2. The minimum atomic E-state index is -0.422. The Kier molecular flexibility index (Phi) is 4.61. The number of anilines is 2. The molecule has 2 aromatic carbocycles. The third-order valence-electron chi connectivity index (χ3n) is 3.29. The maximum absolute atomic E-state index is 10.6. The maximum atomic E-state index is 10.6. The summed E-state index contributed by atoms with van der Waals surface area (Å²) in [6.45, 7) is 1.20. The highest BCUT2D eigenvalue weighted by Crippen LogP contribution is 2.15. The molecule has 9 heteroatoms. The predicted molar refractivity (Wildman–Crippen MR) is 89.2 cm³/mol. The maximum Gasteiger partial charge on any atom is 0.269 e. The molecule has 1 aromatic heterocycles. The number of nitro benzene ring substituents is 1. The highest BCUT2D eigenvalue weighted by Gasteiger charge is 2.07. The summed E-state index contributed by atoms with van der Waals surface area (Å²) in [7, 11) is 0. The molecule has 122 valence electrons. The van der Waals surface area contributed by atoms with E-state index >= 15 is 0 Å². The lowest BCUT2D eigenvalue weighted by Crippen LogP contribution is -2.16. The second-order valence-electron chi connectivity index (χ2n) is 4.91. The Hall–Kier alpha value is -3.49. The molecular formula is C15H15N7O2. The molecule has 0 spiro atoms. The summed E-state index contributed by atoms with van der Waals surface area (Å²) in [5.41, 5.74) is 1.75. The van der Waals surface area contributed by atoms with E-state index in [1.165, 1.54) is 12.1 Å². The Morgan fingerprint density at radius 2 is 1.71 bits per heavy atom. The number of nitrogens with zero attached hydrogens (tertiary/aromatic N) is 5. The lowest BCUT2D eigenvalue weighted by molar-refractivity contribution is -0.384. The van der Waals surface area contributed by atoms with Gasteiger partial charge >= 0.3 is 0 Å². The molecular weight excluding hydrogens is 310 g/mol. The van der Waals surface area contributed by atoms with Crippen molar-refractivity contribution in [2.75, 3.05) is 23.7 Å². The van der Waals surface area contributed by atoms with Crippen LogP contribution in [0.2, 0.25) is 0 Å². The molecule has 0 amide bonds. The molecule has 0 aliphatic rings. The highest BCUT2D eigenvalue weighted by atomic mass is 16.6. The molecule has 3 aromatic rings. The van der Waals surface area contributed by atoms with Crippen LogP contribution in [0.1, 0.15) is 0 Å². The van der Waals surface area contributed by atoms with Crippen molar-refractivity contribution in [2.24, 2.45) is 0 Å². The monoisotopic (exact) mass is 325 g/mol. The number of aromatic nitrogens is 4. The molecule has 3 rings (SSSR count). The van der Waals surface area contributed by atoms with Crippen LogP contribution in [0.4, 0.5) is 17.3 Å². The van der Waals surface area contributed by atoms with E-state index < -0.39 is 4.92 Å². The van der Waals surface area contributed by atoms with Crippen molar-refractivity contribution in [1.29, 1.82) is 0 Å². The van der Waals surface area contributed by atoms with Crippen LogP contribution in [0.25, 0.3) is 5.69 Å². The number of nitrogens with one attached hydrogen (secondary N) is 2. The number of rotatable bonds is 7. The van der Waals surface area contributed by atoms with Gasteiger partial charge in [0.2, 0.25) is 5.95 Å². The fraction of sp³-hybridized carbons (Fsp3) is 0.133. The van der Waals surface area contributed by atoms with E-state index in [0.717, 1.165) is 11.4 Å². The van der Waals surface area contributed by atoms with E-state index in [4.69, 9.17) is 0 Å². The third kappa shape index (κ3) is 3.64. The SMILES string of the molecule is O=[N+]([O-])c1ccc(NCCNc2nnnn2-c2ccccc2)cc1. The summed E-state index contributed by atoms with van der Waals surface area (Å²) in [6.07, 6.45) is 0. The highest BCUT2D eigenvalue weighted by molar-refractivity contribution is 5.48. The van der Waals surface area contributed by atoms with Gasteiger partial charge in [0.15, 0.2) is 0 Å². The first-order valence-corrected chi connectivity index (χ1v) is 7.30. The van der Waals surface area contributed by atoms with Gasteiger partial charge < -0.3 is 10.6 Å². The Balaban J connectivity index is 1.52. The molecule has 0 fully saturated rings. The van der Waals surface area contributed by atoms with Crippen LogP contribution in [0, 0.1) is 10.1 Å². The zero-order valence-corrected chi connectivity index (χ0v) is 12.7. The van der Waals surface area contributed by atoms with Gasteiger partial charge in [0.1, 0.15) is 0 Å². The molecule has 0 saturated carbocycles. The van der Waals surface area contributed by atoms with E-state index in [2.05, 4.69) is 26.2 Å². The molecule has 9 nitrogen and oxygen atoms in total. The van der Waals surface area contributed by atoms with Gasteiger partial charge in [-0.1, -0.05) is 23.3 Å². The summed E-state index contributed by atoms with van der Waals surface area (Å²) < 4.78 is 1.62. The molecule has 0 bridgehead atoms. The fourth-order valence-electron chi connectivity index (χ4n) is 2.12. The van der Waals surface area contributed by atoms with E-state index in [9.17, 15) is 10.1 Å². The topological polar surface area (TPSA) is 111 Å². The van der Waals surface area contributed by atoms with Gasteiger partial charge in [-0.2, -0.15) is 4.68 Å². The Morgan fingerprint density at radius 3 is 2.42 bits per heavy atom. The summed E-state index contributed by atoms with van der Waals surface area (Å²) >= 11 is 0. The van der Waals surface area contributed by atoms with Crippen molar-refractivity contribution in [1.82, 2.24) is 20.2 Å². The van der Waals surface area contributed by atoms with Gasteiger partial charge in [0.25, 0.3) is 5.69 Å². The standard InChI is InChI=1S/C15H15N7O2/c23-22(24)14-8-6-12(7-9-14)16-10-11-17-15-18-19-20-21(15)13-4-2-1-3-5-13/h1-9,16H,10-11H2,(H,17,18,20). The van der Waals surface area contributed by atoms with E-state index in [0.29, 0.717) is 19.0 Å². The van der Waals surface area contributed by atoms with Gasteiger partial charge in [0, 0.05) is 30.9 Å². The summed E-state index contributed by atoms with van der Waals surface area (Å²) in [5, 5.41) is 28.5. The van der Waals surface area contributed by atoms with Gasteiger partial charge in [-0.3, -0.25) is 10.1 Å². The first-order valence-electron chi connectivity index (χ1n) is 7.30. The summed E-state index contributed by atoms with van der Waals surface area (Å²) in [5.74, 6) is 0.548.